The summed E-state index contributed by atoms with van der Waals surface area (Å²) in [6.45, 7) is 0. The number of fused-ring (bicyclic) bond motifs is 2. The fourth-order valence-corrected chi connectivity index (χ4v) is 5.88. The molecule has 0 bridgehead atoms. The van der Waals surface area contributed by atoms with Crippen LogP contribution >= 0.6 is 23.1 Å². The quantitative estimate of drug-likeness (QED) is 0.0877. The molecule has 204 valence electrons. The van der Waals surface area contributed by atoms with Crippen molar-refractivity contribution in [3.05, 3.63) is 77.1 Å². The maximum Gasteiger partial charge on any atom is 0.252 e. The number of carbonyl (C=O) groups is 2. The number of rotatable bonds is 10. The molecule has 6 N–H and O–H groups in total. The van der Waals surface area contributed by atoms with Crippen molar-refractivity contribution in [2.75, 3.05) is 5.32 Å². The molecule has 3 aromatic heterocycles. The van der Waals surface area contributed by atoms with Crippen LogP contribution in [0.15, 0.2) is 65.9 Å². The van der Waals surface area contributed by atoms with Crippen LogP contribution < -0.4 is 11.1 Å². The number of hydrogen-bond donors (Lipinski definition) is 5. The topological polar surface area (TPSA) is 166 Å². The summed E-state index contributed by atoms with van der Waals surface area (Å²) in [7, 11) is 0. The molecule has 0 aliphatic carbocycles. The lowest BCUT2D eigenvalue weighted by Crippen LogP contribution is -2.14. The molecule has 0 spiro atoms. The van der Waals surface area contributed by atoms with Gasteiger partial charge >= 0.3 is 0 Å². The number of anilines is 1. The predicted molar refractivity (Wildman–Crippen MR) is 162 cm³/mol. The van der Waals surface area contributed by atoms with Gasteiger partial charge in [0.25, 0.3) is 5.91 Å². The molecule has 0 aliphatic rings. The van der Waals surface area contributed by atoms with Crippen LogP contribution in [0, 0.1) is 5.41 Å². The molecule has 0 unspecified atom stereocenters. The van der Waals surface area contributed by atoms with Crippen LogP contribution in [0.1, 0.15) is 35.4 Å². The van der Waals surface area contributed by atoms with E-state index in [2.05, 4.69) is 30.5 Å². The van der Waals surface area contributed by atoms with E-state index >= 15 is 0 Å². The van der Waals surface area contributed by atoms with Crippen molar-refractivity contribution in [2.45, 2.75) is 38.5 Å². The molecule has 10 nitrogen and oxygen atoms in total. The summed E-state index contributed by atoms with van der Waals surface area (Å²) >= 11 is 2.37. The number of aromatic amines is 2. The van der Waals surface area contributed by atoms with Gasteiger partial charge in [0.15, 0.2) is 5.17 Å². The van der Waals surface area contributed by atoms with Gasteiger partial charge in [0.1, 0.15) is 5.01 Å². The van der Waals surface area contributed by atoms with Gasteiger partial charge in [-0.1, -0.05) is 35.6 Å². The third-order valence-corrected chi connectivity index (χ3v) is 7.93. The molecular formula is C28H28N8O2S2. The number of amidine groups is 1. The van der Waals surface area contributed by atoms with Crippen molar-refractivity contribution < 1.29 is 9.59 Å². The number of carbonyl (C=O) groups excluding carboxylic acids is 2. The molecule has 0 radical (unpaired) electrons. The maximum atomic E-state index is 12.5. The first-order chi connectivity index (χ1) is 19.4. The Hall–Kier alpha value is -4.29. The summed E-state index contributed by atoms with van der Waals surface area (Å²) in [5.41, 5.74) is 9.72. The Kier molecular flexibility index (Phi) is 8.67. The SMILES string of the molecule is N=C(CCCCc1nnc(NC(=O)Cc2cccc3[nH]ccc23)s1)SC(N)=NC(=O)Cc1cccc2[nH]ccc12. The molecule has 40 heavy (non-hydrogen) atoms. The minimum Gasteiger partial charge on any atom is -0.378 e. The molecule has 2 amide bonds. The van der Waals surface area contributed by atoms with Crippen LogP contribution in [0.3, 0.4) is 0 Å². The van der Waals surface area contributed by atoms with E-state index in [0.717, 1.165) is 62.5 Å². The number of benzene rings is 2. The number of H-pyrrole nitrogens is 2. The fourth-order valence-electron chi connectivity index (χ4n) is 4.44. The van der Waals surface area contributed by atoms with Crippen LogP contribution in [0.4, 0.5) is 5.13 Å². The van der Waals surface area contributed by atoms with Crippen molar-refractivity contribution in [3.63, 3.8) is 0 Å². The monoisotopic (exact) mass is 572 g/mol. The zero-order chi connectivity index (χ0) is 27.9. The smallest absolute Gasteiger partial charge is 0.252 e. The number of amides is 2. The molecule has 0 atom stereocenters. The second kappa shape index (κ2) is 12.7. The Morgan fingerprint density at radius 2 is 1.62 bits per heavy atom. The van der Waals surface area contributed by atoms with Gasteiger partial charge in [0.05, 0.1) is 17.9 Å². The molecule has 0 saturated carbocycles. The molecule has 12 heteroatoms. The van der Waals surface area contributed by atoms with E-state index in [1.165, 1.54) is 11.3 Å². The molecular weight excluding hydrogens is 544 g/mol. The van der Waals surface area contributed by atoms with Gasteiger partial charge in [-0.3, -0.25) is 15.0 Å². The summed E-state index contributed by atoms with van der Waals surface area (Å²) in [6, 6.07) is 15.5. The van der Waals surface area contributed by atoms with E-state index in [-0.39, 0.29) is 29.8 Å². The Morgan fingerprint density at radius 1 is 0.950 bits per heavy atom. The fraction of sp³-hybridized carbons (Fsp3) is 0.214. The Morgan fingerprint density at radius 3 is 2.33 bits per heavy atom. The zero-order valence-corrected chi connectivity index (χ0v) is 23.2. The molecule has 5 rings (SSSR count). The number of unbranched alkanes of at least 4 members (excludes halogenated alkanes) is 1. The van der Waals surface area contributed by atoms with Crippen molar-refractivity contribution in [1.82, 2.24) is 20.2 Å². The Balaban J connectivity index is 1.01. The minimum absolute atomic E-state index is 0.0773. The number of nitrogens with zero attached hydrogens (tertiary/aromatic N) is 3. The van der Waals surface area contributed by atoms with Gasteiger partial charge in [0.2, 0.25) is 11.0 Å². The lowest BCUT2D eigenvalue weighted by Gasteiger charge is -2.04. The van der Waals surface area contributed by atoms with E-state index in [9.17, 15) is 9.59 Å². The standard InChI is InChI=1S/C28H28N8O2S2/c29-23(39-27(30)33-24(37)15-17-5-3-7-21-19(17)11-13-31-21)9-1-2-10-26-35-36-28(40-26)34-25(38)16-18-6-4-8-22-20(18)12-14-32-22/h3-8,11-14,29,31-32H,1-2,9-10,15-16H2,(H2,30,33,37)(H,34,36,38). The van der Waals surface area contributed by atoms with Crippen LogP contribution in [0.5, 0.6) is 0 Å². The highest BCUT2D eigenvalue weighted by molar-refractivity contribution is 8.26. The van der Waals surface area contributed by atoms with Crippen LogP contribution in [-0.2, 0) is 28.9 Å². The summed E-state index contributed by atoms with van der Waals surface area (Å²) in [6.07, 6.45) is 6.87. The zero-order valence-electron chi connectivity index (χ0n) is 21.6. The number of hydrogen-bond acceptors (Lipinski definition) is 7. The van der Waals surface area contributed by atoms with Gasteiger partial charge in [0, 0.05) is 40.6 Å². The molecule has 0 saturated heterocycles. The number of aliphatic imine (C=N–C) groups is 1. The second-order valence-corrected chi connectivity index (χ2v) is 11.4. The highest BCUT2D eigenvalue weighted by Crippen LogP contribution is 2.22. The third kappa shape index (κ3) is 7.01. The maximum absolute atomic E-state index is 12.5. The second-order valence-electron chi connectivity index (χ2n) is 9.19. The van der Waals surface area contributed by atoms with E-state index in [1.54, 1.807) is 0 Å². The van der Waals surface area contributed by atoms with Crippen LogP contribution in [0.25, 0.3) is 21.8 Å². The number of nitrogens with one attached hydrogen (secondary N) is 4. The first-order valence-electron chi connectivity index (χ1n) is 12.8. The van der Waals surface area contributed by atoms with Crippen molar-refractivity contribution in [2.24, 2.45) is 10.7 Å². The van der Waals surface area contributed by atoms with Gasteiger partial charge in [-0.2, -0.15) is 4.99 Å². The Bertz CT molecular complexity index is 1700. The largest absolute Gasteiger partial charge is 0.378 e. The first kappa shape index (κ1) is 27.3. The molecule has 5 aromatic rings. The summed E-state index contributed by atoms with van der Waals surface area (Å²) < 4.78 is 0. The summed E-state index contributed by atoms with van der Waals surface area (Å²) in [5, 5.41) is 23.0. The van der Waals surface area contributed by atoms with Gasteiger partial charge < -0.3 is 21.0 Å². The Labute approximate surface area is 238 Å². The highest BCUT2D eigenvalue weighted by Gasteiger charge is 2.12. The lowest BCUT2D eigenvalue weighted by atomic mass is 10.1. The van der Waals surface area contributed by atoms with Gasteiger partial charge in [-0.25, -0.2) is 0 Å². The lowest BCUT2D eigenvalue weighted by molar-refractivity contribution is -0.117. The first-order valence-corrected chi connectivity index (χ1v) is 14.4. The minimum atomic E-state index is -0.341. The number of nitrogens with two attached hydrogens (primary N) is 1. The van der Waals surface area contributed by atoms with E-state index in [1.807, 2.05) is 60.9 Å². The molecule has 3 heterocycles. The normalized spacial score (nSPS) is 11.8. The van der Waals surface area contributed by atoms with Gasteiger partial charge in [-0.05, 0) is 66.4 Å². The van der Waals surface area contributed by atoms with E-state index in [0.29, 0.717) is 23.0 Å². The number of aromatic nitrogens is 4. The van der Waals surface area contributed by atoms with E-state index < -0.39 is 0 Å². The highest BCUT2D eigenvalue weighted by atomic mass is 32.2. The van der Waals surface area contributed by atoms with Crippen molar-refractivity contribution in [1.29, 1.82) is 5.41 Å². The third-order valence-electron chi connectivity index (χ3n) is 6.28. The van der Waals surface area contributed by atoms with Gasteiger partial charge in [-0.15, -0.1) is 10.2 Å². The van der Waals surface area contributed by atoms with Crippen molar-refractivity contribution >= 4 is 72.1 Å². The molecule has 0 fully saturated rings. The van der Waals surface area contributed by atoms with E-state index in [4.69, 9.17) is 11.1 Å². The van der Waals surface area contributed by atoms with Crippen molar-refractivity contribution in [3.8, 4) is 0 Å². The molecule has 2 aromatic carbocycles. The summed E-state index contributed by atoms with van der Waals surface area (Å²) in [5.74, 6) is -0.478. The average Bonchev–Trinajstić information content (AvgIpc) is 3.68. The van der Waals surface area contributed by atoms with Crippen LogP contribution in [-0.4, -0.2) is 42.2 Å². The number of thioether (sulfide) groups is 1. The molecule has 0 aliphatic heterocycles. The van der Waals surface area contributed by atoms with Crippen LogP contribution in [0.2, 0.25) is 0 Å². The number of aryl methyl sites for hydroxylation is 1. The summed E-state index contributed by atoms with van der Waals surface area (Å²) in [4.78, 5) is 35.2. The average molecular weight is 573 g/mol. The predicted octanol–water partition coefficient (Wildman–Crippen LogP) is 5.19.